The highest BCUT2D eigenvalue weighted by Crippen LogP contribution is 2.52. The maximum absolute atomic E-state index is 11.2. The SMILES string of the molecule is CC1(C)Oc2ccccc2[C@H]2O[C@H]3CCN(CC(N)=O)C[C@@H]3C[C@@H]21. The minimum atomic E-state index is -0.254. The number of likely N-dealkylation sites (tertiary alicyclic amines) is 1. The number of hydrogen-bond acceptors (Lipinski definition) is 4. The number of para-hydroxylation sites is 1. The third-order valence-corrected chi connectivity index (χ3v) is 5.86. The van der Waals surface area contributed by atoms with Gasteiger partial charge in [0, 0.05) is 24.6 Å². The number of hydrogen-bond donors (Lipinski definition) is 1. The smallest absolute Gasteiger partial charge is 0.231 e. The van der Waals surface area contributed by atoms with Gasteiger partial charge in [-0.15, -0.1) is 0 Å². The van der Waals surface area contributed by atoms with Gasteiger partial charge in [0.25, 0.3) is 0 Å². The molecule has 1 amide bonds. The molecular formula is C19H26N2O3. The summed E-state index contributed by atoms with van der Waals surface area (Å²) in [5.41, 5.74) is 6.29. The van der Waals surface area contributed by atoms with Crippen molar-refractivity contribution in [3.63, 3.8) is 0 Å². The Morgan fingerprint density at radius 1 is 1.38 bits per heavy atom. The molecule has 1 aromatic rings. The lowest BCUT2D eigenvalue weighted by molar-refractivity contribution is -0.187. The molecular weight excluding hydrogens is 304 g/mol. The van der Waals surface area contributed by atoms with E-state index >= 15 is 0 Å². The van der Waals surface area contributed by atoms with Gasteiger partial charge in [-0.2, -0.15) is 0 Å². The summed E-state index contributed by atoms with van der Waals surface area (Å²) in [6.07, 6.45) is 2.39. The maximum atomic E-state index is 11.2. The van der Waals surface area contributed by atoms with Crippen molar-refractivity contribution < 1.29 is 14.3 Å². The fourth-order valence-corrected chi connectivity index (χ4v) is 4.69. The average Bonchev–Trinajstić information content (AvgIpc) is 2.52. The van der Waals surface area contributed by atoms with Crippen molar-refractivity contribution in [3.05, 3.63) is 29.8 Å². The summed E-state index contributed by atoms with van der Waals surface area (Å²) in [5.74, 6) is 1.46. The fraction of sp³-hybridized carbons (Fsp3) is 0.632. The number of carbonyl (C=O) groups is 1. The minimum Gasteiger partial charge on any atom is -0.487 e. The van der Waals surface area contributed by atoms with Crippen molar-refractivity contribution in [3.8, 4) is 5.75 Å². The van der Waals surface area contributed by atoms with Crippen LogP contribution in [0.3, 0.4) is 0 Å². The number of ether oxygens (including phenoxy) is 2. The second kappa shape index (κ2) is 5.74. The fourth-order valence-electron chi connectivity index (χ4n) is 4.69. The molecule has 0 aromatic heterocycles. The van der Waals surface area contributed by atoms with Gasteiger partial charge >= 0.3 is 0 Å². The highest BCUT2D eigenvalue weighted by molar-refractivity contribution is 5.75. The van der Waals surface area contributed by atoms with E-state index in [-0.39, 0.29) is 23.7 Å². The van der Waals surface area contributed by atoms with Crippen LogP contribution < -0.4 is 10.5 Å². The summed E-state index contributed by atoms with van der Waals surface area (Å²) in [7, 11) is 0. The van der Waals surface area contributed by atoms with Gasteiger partial charge in [-0.1, -0.05) is 18.2 Å². The maximum Gasteiger partial charge on any atom is 0.231 e. The largest absolute Gasteiger partial charge is 0.487 e. The number of amides is 1. The van der Waals surface area contributed by atoms with Crippen LogP contribution in [0.4, 0.5) is 0 Å². The van der Waals surface area contributed by atoms with Crippen LogP contribution in [0.1, 0.15) is 38.4 Å². The summed E-state index contributed by atoms with van der Waals surface area (Å²) in [4.78, 5) is 13.4. The molecule has 1 aromatic carbocycles. The van der Waals surface area contributed by atoms with Crippen molar-refractivity contribution in [1.29, 1.82) is 0 Å². The number of primary amides is 1. The van der Waals surface area contributed by atoms with Crippen molar-refractivity contribution in [1.82, 2.24) is 4.90 Å². The Morgan fingerprint density at radius 2 is 2.17 bits per heavy atom. The Bertz CT molecular complexity index is 645. The van der Waals surface area contributed by atoms with E-state index in [4.69, 9.17) is 15.2 Å². The van der Waals surface area contributed by atoms with Crippen LogP contribution in [0.25, 0.3) is 0 Å². The number of fused-ring (bicyclic) bond motifs is 4. The zero-order valence-electron chi connectivity index (χ0n) is 14.4. The molecule has 0 aliphatic carbocycles. The highest BCUT2D eigenvalue weighted by Gasteiger charge is 2.51. The molecule has 2 N–H and O–H groups in total. The molecule has 3 aliphatic heterocycles. The zero-order valence-corrected chi connectivity index (χ0v) is 14.4. The normalized spacial score (nSPS) is 34.4. The van der Waals surface area contributed by atoms with Crippen molar-refractivity contribution in [2.45, 2.75) is 44.5 Å². The van der Waals surface area contributed by atoms with Gasteiger partial charge in [-0.25, -0.2) is 0 Å². The summed E-state index contributed by atoms with van der Waals surface area (Å²) >= 11 is 0. The van der Waals surface area contributed by atoms with E-state index in [1.165, 1.54) is 5.56 Å². The lowest BCUT2D eigenvalue weighted by Gasteiger charge is -2.53. The third kappa shape index (κ3) is 2.70. The summed E-state index contributed by atoms with van der Waals surface area (Å²) in [5, 5.41) is 0. The molecule has 0 spiro atoms. The number of piperidine rings is 1. The first-order valence-electron chi connectivity index (χ1n) is 8.88. The highest BCUT2D eigenvalue weighted by atomic mass is 16.5. The van der Waals surface area contributed by atoms with Crippen LogP contribution in [-0.2, 0) is 9.53 Å². The molecule has 2 fully saturated rings. The molecule has 4 atom stereocenters. The van der Waals surface area contributed by atoms with Crippen LogP contribution in [0, 0.1) is 11.8 Å². The molecule has 130 valence electrons. The molecule has 5 heteroatoms. The Hall–Kier alpha value is -1.59. The van der Waals surface area contributed by atoms with Gasteiger partial charge in [-0.3, -0.25) is 9.69 Å². The molecule has 5 nitrogen and oxygen atoms in total. The van der Waals surface area contributed by atoms with Gasteiger partial charge in [0.2, 0.25) is 5.91 Å². The van der Waals surface area contributed by atoms with Crippen LogP contribution >= 0.6 is 0 Å². The second-order valence-electron chi connectivity index (χ2n) is 7.93. The molecule has 3 aliphatic rings. The van der Waals surface area contributed by atoms with Gasteiger partial charge < -0.3 is 15.2 Å². The average molecular weight is 330 g/mol. The molecule has 0 radical (unpaired) electrons. The molecule has 3 heterocycles. The predicted molar refractivity (Wildman–Crippen MR) is 90.6 cm³/mol. The monoisotopic (exact) mass is 330 g/mol. The van der Waals surface area contributed by atoms with Crippen LogP contribution in [0.5, 0.6) is 5.75 Å². The first-order valence-corrected chi connectivity index (χ1v) is 8.88. The lowest BCUT2D eigenvalue weighted by atomic mass is 9.70. The van der Waals surface area contributed by atoms with E-state index in [0.717, 1.165) is 31.7 Å². The lowest BCUT2D eigenvalue weighted by Crippen LogP contribution is -2.55. The Kier molecular flexibility index (Phi) is 3.81. The predicted octanol–water partition coefficient (Wildman–Crippen LogP) is 2.11. The number of benzene rings is 1. The first kappa shape index (κ1) is 15.9. The Morgan fingerprint density at radius 3 is 2.96 bits per heavy atom. The van der Waals surface area contributed by atoms with E-state index in [1.54, 1.807) is 0 Å². The van der Waals surface area contributed by atoms with E-state index in [1.807, 2.05) is 12.1 Å². The molecule has 24 heavy (non-hydrogen) atoms. The summed E-state index contributed by atoms with van der Waals surface area (Å²) in [6, 6.07) is 8.24. The third-order valence-electron chi connectivity index (χ3n) is 5.86. The number of nitrogens with two attached hydrogens (primary N) is 1. The topological polar surface area (TPSA) is 64.8 Å². The Balaban J connectivity index is 1.58. The van der Waals surface area contributed by atoms with Crippen LogP contribution in [0.2, 0.25) is 0 Å². The van der Waals surface area contributed by atoms with Gasteiger partial charge in [0.15, 0.2) is 0 Å². The van der Waals surface area contributed by atoms with Gasteiger partial charge in [-0.05, 0) is 38.7 Å². The number of carbonyl (C=O) groups excluding carboxylic acids is 1. The number of nitrogens with zero attached hydrogens (tertiary/aromatic N) is 1. The van der Waals surface area contributed by atoms with Crippen molar-refractivity contribution in [2.75, 3.05) is 19.6 Å². The first-order chi connectivity index (χ1) is 11.4. The van der Waals surface area contributed by atoms with Crippen LogP contribution in [0.15, 0.2) is 24.3 Å². The zero-order chi connectivity index (χ0) is 16.9. The van der Waals surface area contributed by atoms with E-state index in [9.17, 15) is 4.79 Å². The molecule has 0 unspecified atom stereocenters. The molecule has 0 bridgehead atoms. The van der Waals surface area contributed by atoms with Gasteiger partial charge in [0.1, 0.15) is 11.4 Å². The second-order valence-corrected chi connectivity index (χ2v) is 7.93. The standard InChI is InChI=1S/C19H26N2O3/c1-19(2)14-9-12-10-21(11-17(20)22)8-7-15(12)23-18(14)13-5-3-4-6-16(13)24-19/h3-6,12,14-15,18H,7-11H2,1-2H3,(H2,20,22)/t12-,14-,15-,18+/m0/s1. The molecule has 4 rings (SSSR count). The summed E-state index contributed by atoms with van der Waals surface area (Å²) in [6.45, 7) is 6.43. The molecule has 0 saturated carbocycles. The molecule has 2 saturated heterocycles. The summed E-state index contributed by atoms with van der Waals surface area (Å²) < 4.78 is 12.9. The van der Waals surface area contributed by atoms with Gasteiger partial charge in [0.05, 0.1) is 18.8 Å². The van der Waals surface area contributed by atoms with E-state index in [0.29, 0.717) is 18.4 Å². The van der Waals surface area contributed by atoms with E-state index < -0.39 is 0 Å². The van der Waals surface area contributed by atoms with Crippen molar-refractivity contribution in [2.24, 2.45) is 17.6 Å². The number of rotatable bonds is 2. The van der Waals surface area contributed by atoms with Crippen LogP contribution in [-0.4, -0.2) is 42.1 Å². The van der Waals surface area contributed by atoms with Crippen molar-refractivity contribution >= 4 is 5.91 Å². The Labute approximate surface area is 143 Å². The quantitative estimate of drug-likeness (QED) is 0.902. The minimum absolute atomic E-state index is 0.105. The van der Waals surface area contributed by atoms with E-state index in [2.05, 4.69) is 30.9 Å².